The maximum atomic E-state index is 12.1. The lowest BCUT2D eigenvalue weighted by Gasteiger charge is -2.25. The van der Waals surface area contributed by atoms with Crippen molar-refractivity contribution in [3.8, 4) is 11.5 Å². The summed E-state index contributed by atoms with van der Waals surface area (Å²) in [4.78, 5) is 14.3. The second kappa shape index (κ2) is 10.3. The molecule has 0 saturated heterocycles. The number of ether oxygens (including phenoxy) is 2. The third-order valence-electron chi connectivity index (χ3n) is 4.05. The molecule has 5 nitrogen and oxygen atoms in total. The minimum atomic E-state index is -0.142. The zero-order valence-electron chi connectivity index (χ0n) is 15.8. The molecule has 0 bridgehead atoms. The molecule has 26 heavy (non-hydrogen) atoms. The lowest BCUT2D eigenvalue weighted by Crippen LogP contribution is -2.37. The molecule has 0 unspecified atom stereocenters. The molecule has 0 atom stereocenters. The van der Waals surface area contributed by atoms with Gasteiger partial charge in [0.2, 0.25) is 0 Å². The van der Waals surface area contributed by atoms with Crippen LogP contribution in [-0.2, 0) is 4.79 Å². The number of carbonyl (C=O) groups is 1. The van der Waals surface area contributed by atoms with E-state index in [1.165, 1.54) is 11.3 Å². The van der Waals surface area contributed by atoms with Crippen LogP contribution in [0, 0.1) is 6.92 Å². The van der Waals surface area contributed by atoms with Gasteiger partial charge in [0.1, 0.15) is 0 Å². The molecular weight excluding hydrogens is 328 g/mol. The van der Waals surface area contributed by atoms with E-state index in [0.717, 1.165) is 13.1 Å². The van der Waals surface area contributed by atoms with Gasteiger partial charge in [-0.25, -0.2) is 0 Å². The normalized spacial score (nSPS) is 10.3. The molecule has 0 saturated carbocycles. The second-order valence-electron chi connectivity index (χ2n) is 5.88. The van der Waals surface area contributed by atoms with Crippen molar-refractivity contribution >= 4 is 11.6 Å². The molecule has 1 N–H and O–H groups in total. The number of anilines is 1. The summed E-state index contributed by atoms with van der Waals surface area (Å²) in [7, 11) is 0. The van der Waals surface area contributed by atoms with Gasteiger partial charge in [0, 0.05) is 25.3 Å². The number of rotatable bonds is 10. The van der Waals surface area contributed by atoms with Gasteiger partial charge < -0.3 is 19.7 Å². The zero-order valence-corrected chi connectivity index (χ0v) is 15.8. The standard InChI is InChI=1S/C21H28N2O3/c1-4-23(18-11-7-6-10-17(18)3)15-14-22-21(24)16-26-20-13-9-8-12-19(20)25-5-2/h6-13H,4-5,14-16H2,1-3H3,(H,22,24). The Morgan fingerprint density at radius 3 is 2.31 bits per heavy atom. The monoisotopic (exact) mass is 356 g/mol. The van der Waals surface area contributed by atoms with Crippen molar-refractivity contribution in [1.29, 1.82) is 0 Å². The van der Waals surface area contributed by atoms with Crippen molar-refractivity contribution in [2.24, 2.45) is 0 Å². The van der Waals surface area contributed by atoms with E-state index >= 15 is 0 Å². The number of hydrogen-bond acceptors (Lipinski definition) is 4. The molecule has 1 amide bonds. The predicted octanol–water partition coefficient (Wildman–Crippen LogP) is 3.42. The number of likely N-dealkylation sites (N-methyl/N-ethyl adjacent to an activating group) is 1. The van der Waals surface area contributed by atoms with E-state index in [1.807, 2.05) is 37.3 Å². The average molecular weight is 356 g/mol. The third kappa shape index (κ3) is 5.69. The van der Waals surface area contributed by atoms with Gasteiger partial charge in [-0.2, -0.15) is 0 Å². The van der Waals surface area contributed by atoms with Gasteiger partial charge in [0.15, 0.2) is 18.1 Å². The van der Waals surface area contributed by atoms with Gasteiger partial charge in [0.25, 0.3) is 5.91 Å². The Balaban J connectivity index is 1.79. The van der Waals surface area contributed by atoms with Crippen LogP contribution < -0.4 is 19.7 Å². The van der Waals surface area contributed by atoms with E-state index in [1.54, 1.807) is 6.07 Å². The summed E-state index contributed by atoms with van der Waals surface area (Å²) >= 11 is 0. The predicted molar refractivity (Wildman–Crippen MR) is 105 cm³/mol. The van der Waals surface area contributed by atoms with Gasteiger partial charge in [0.05, 0.1) is 6.61 Å². The summed E-state index contributed by atoms with van der Waals surface area (Å²) in [5.74, 6) is 1.09. The number of benzene rings is 2. The van der Waals surface area contributed by atoms with E-state index in [9.17, 15) is 4.79 Å². The summed E-state index contributed by atoms with van der Waals surface area (Å²) in [5, 5.41) is 2.91. The van der Waals surface area contributed by atoms with Crippen LogP contribution in [0.25, 0.3) is 0 Å². The van der Waals surface area contributed by atoms with Crippen LogP contribution in [0.4, 0.5) is 5.69 Å². The Bertz CT molecular complexity index is 703. The Morgan fingerprint density at radius 1 is 1.00 bits per heavy atom. The lowest BCUT2D eigenvalue weighted by molar-refractivity contribution is -0.123. The molecule has 2 aromatic carbocycles. The van der Waals surface area contributed by atoms with Gasteiger partial charge in [-0.1, -0.05) is 30.3 Å². The molecular formula is C21H28N2O3. The van der Waals surface area contributed by atoms with Crippen molar-refractivity contribution in [1.82, 2.24) is 5.32 Å². The van der Waals surface area contributed by atoms with Gasteiger partial charge in [-0.3, -0.25) is 4.79 Å². The van der Waals surface area contributed by atoms with Crippen LogP contribution in [0.5, 0.6) is 11.5 Å². The fraction of sp³-hybridized carbons (Fsp3) is 0.381. The summed E-state index contributed by atoms with van der Waals surface area (Å²) in [5.41, 5.74) is 2.43. The zero-order chi connectivity index (χ0) is 18.8. The van der Waals surface area contributed by atoms with Crippen LogP contribution in [0.3, 0.4) is 0 Å². The van der Waals surface area contributed by atoms with Crippen molar-refractivity contribution in [3.63, 3.8) is 0 Å². The third-order valence-corrected chi connectivity index (χ3v) is 4.05. The summed E-state index contributed by atoms with van der Waals surface area (Å²) in [6.07, 6.45) is 0. The van der Waals surface area contributed by atoms with Crippen molar-refractivity contribution < 1.29 is 14.3 Å². The molecule has 0 heterocycles. The first kappa shape index (κ1) is 19.6. The average Bonchev–Trinajstić information content (AvgIpc) is 2.65. The molecule has 0 aliphatic heterocycles. The fourth-order valence-electron chi connectivity index (χ4n) is 2.74. The smallest absolute Gasteiger partial charge is 0.258 e. The van der Waals surface area contributed by atoms with Crippen LogP contribution in [0.1, 0.15) is 19.4 Å². The number of para-hydroxylation sites is 3. The molecule has 140 valence electrons. The number of hydrogen-bond donors (Lipinski definition) is 1. The maximum absolute atomic E-state index is 12.1. The van der Waals surface area contributed by atoms with Crippen LogP contribution in [0.2, 0.25) is 0 Å². The Morgan fingerprint density at radius 2 is 1.65 bits per heavy atom. The van der Waals surface area contributed by atoms with E-state index in [4.69, 9.17) is 9.47 Å². The summed E-state index contributed by atoms with van der Waals surface area (Å²) in [6.45, 7) is 8.86. The minimum Gasteiger partial charge on any atom is -0.490 e. The highest BCUT2D eigenvalue weighted by atomic mass is 16.5. The largest absolute Gasteiger partial charge is 0.490 e. The molecule has 0 fully saturated rings. The SMILES string of the molecule is CCOc1ccccc1OCC(=O)NCCN(CC)c1ccccc1C. The van der Waals surface area contributed by atoms with E-state index < -0.39 is 0 Å². The first-order chi connectivity index (χ1) is 12.7. The lowest BCUT2D eigenvalue weighted by atomic mass is 10.2. The molecule has 2 aromatic rings. The Kier molecular flexibility index (Phi) is 7.80. The molecule has 0 aliphatic rings. The summed E-state index contributed by atoms with van der Waals surface area (Å²) < 4.78 is 11.1. The molecule has 2 rings (SSSR count). The first-order valence-corrected chi connectivity index (χ1v) is 9.07. The summed E-state index contributed by atoms with van der Waals surface area (Å²) in [6, 6.07) is 15.6. The molecule has 0 radical (unpaired) electrons. The van der Waals surface area contributed by atoms with Crippen LogP contribution in [-0.4, -0.2) is 38.8 Å². The molecule has 0 aromatic heterocycles. The second-order valence-corrected chi connectivity index (χ2v) is 5.88. The van der Waals surface area contributed by atoms with E-state index in [0.29, 0.717) is 24.7 Å². The highest BCUT2D eigenvalue weighted by Gasteiger charge is 2.09. The van der Waals surface area contributed by atoms with Crippen molar-refractivity contribution in [2.75, 3.05) is 37.7 Å². The Labute approximate surface area is 155 Å². The Hall–Kier alpha value is -2.69. The van der Waals surface area contributed by atoms with Crippen molar-refractivity contribution in [2.45, 2.75) is 20.8 Å². The highest BCUT2D eigenvalue weighted by Crippen LogP contribution is 2.26. The van der Waals surface area contributed by atoms with E-state index in [2.05, 4.69) is 36.2 Å². The number of nitrogens with one attached hydrogen (secondary N) is 1. The van der Waals surface area contributed by atoms with Gasteiger partial charge in [-0.05, 0) is 44.5 Å². The quantitative estimate of drug-likeness (QED) is 0.709. The highest BCUT2D eigenvalue weighted by molar-refractivity contribution is 5.77. The van der Waals surface area contributed by atoms with Gasteiger partial charge >= 0.3 is 0 Å². The van der Waals surface area contributed by atoms with Gasteiger partial charge in [-0.15, -0.1) is 0 Å². The molecule has 0 spiro atoms. The van der Waals surface area contributed by atoms with Crippen molar-refractivity contribution in [3.05, 3.63) is 54.1 Å². The van der Waals surface area contributed by atoms with E-state index in [-0.39, 0.29) is 12.5 Å². The minimum absolute atomic E-state index is 0.0272. The fourth-order valence-corrected chi connectivity index (χ4v) is 2.74. The number of carbonyl (C=O) groups excluding carboxylic acids is 1. The number of nitrogens with zero attached hydrogens (tertiary/aromatic N) is 1. The maximum Gasteiger partial charge on any atom is 0.258 e. The number of amides is 1. The van der Waals surface area contributed by atoms with Crippen LogP contribution >= 0.6 is 0 Å². The van der Waals surface area contributed by atoms with Crippen LogP contribution in [0.15, 0.2) is 48.5 Å². The number of aryl methyl sites for hydroxylation is 1. The molecule has 5 heteroatoms. The molecule has 0 aliphatic carbocycles. The first-order valence-electron chi connectivity index (χ1n) is 9.07. The topological polar surface area (TPSA) is 50.8 Å².